The highest BCUT2D eigenvalue weighted by Crippen LogP contribution is 2.31. The quantitative estimate of drug-likeness (QED) is 0.780. The van der Waals surface area contributed by atoms with Crippen LogP contribution in [0.25, 0.3) is 0 Å². The van der Waals surface area contributed by atoms with Crippen LogP contribution in [0, 0.1) is 11.8 Å². The molecule has 2 unspecified atom stereocenters. The highest BCUT2D eigenvalue weighted by Gasteiger charge is 2.33. The van der Waals surface area contributed by atoms with Crippen LogP contribution in [0.1, 0.15) is 12.0 Å². The minimum Gasteiger partial charge on any atom is -0.229 e. The van der Waals surface area contributed by atoms with E-state index < -0.39 is 9.84 Å². The van der Waals surface area contributed by atoms with Gasteiger partial charge in [0, 0.05) is 10.4 Å². The fourth-order valence-corrected chi connectivity index (χ4v) is 5.22. The van der Waals surface area contributed by atoms with Crippen LogP contribution in [0.3, 0.4) is 0 Å². The summed E-state index contributed by atoms with van der Waals surface area (Å²) in [5, 5.41) is 0. The molecule has 2 atom stereocenters. The largest absolute Gasteiger partial charge is 0.229 e. The number of sulfone groups is 1. The molecule has 100 valence electrons. The monoisotopic (exact) mass is 350 g/mol. The van der Waals surface area contributed by atoms with Crippen molar-refractivity contribution in [2.45, 2.75) is 12.8 Å². The maximum Gasteiger partial charge on any atom is 0.150 e. The number of rotatable bonds is 4. The van der Waals surface area contributed by atoms with Crippen molar-refractivity contribution in [3.63, 3.8) is 0 Å². The smallest absolute Gasteiger partial charge is 0.150 e. The Morgan fingerprint density at radius 2 is 2.11 bits per heavy atom. The Labute approximate surface area is 122 Å². The Morgan fingerprint density at radius 3 is 2.67 bits per heavy atom. The van der Waals surface area contributed by atoms with Crippen LogP contribution in [0.5, 0.6) is 0 Å². The molecule has 1 aromatic carbocycles. The molecule has 1 saturated heterocycles. The maximum absolute atomic E-state index is 11.5. The molecule has 0 N–H and O–H groups in total. The van der Waals surface area contributed by atoms with Gasteiger partial charge in [-0.2, -0.15) is 0 Å². The van der Waals surface area contributed by atoms with Crippen molar-refractivity contribution < 1.29 is 8.42 Å². The van der Waals surface area contributed by atoms with Gasteiger partial charge in [0.2, 0.25) is 0 Å². The van der Waals surface area contributed by atoms with Crippen molar-refractivity contribution in [3.05, 3.63) is 34.3 Å². The van der Waals surface area contributed by atoms with Gasteiger partial charge >= 0.3 is 0 Å². The van der Waals surface area contributed by atoms with Crippen LogP contribution in [0.15, 0.2) is 28.7 Å². The Kier molecular flexibility index (Phi) is 4.73. The van der Waals surface area contributed by atoms with Gasteiger partial charge in [-0.25, -0.2) is 8.42 Å². The third kappa shape index (κ3) is 3.49. The molecule has 1 heterocycles. The molecule has 0 saturated carbocycles. The molecule has 0 aromatic heterocycles. The molecule has 0 spiro atoms. The van der Waals surface area contributed by atoms with Gasteiger partial charge in [0.25, 0.3) is 0 Å². The average Bonchev–Trinajstić information content (AvgIpc) is 2.68. The van der Waals surface area contributed by atoms with Crippen LogP contribution < -0.4 is 0 Å². The fourth-order valence-electron chi connectivity index (χ4n) is 2.49. The lowest BCUT2D eigenvalue weighted by atomic mass is 9.88. The summed E-state index contributed by atoms with van der Waals surface area (Å²) in [5.41, 5.74) is 1.20. The Hall–Kier alpha value is -0.0600. The lowest BCUT2D eigenvalue weighted by Gasteiger charge is -2.20. The molecular weight excluding hydrogens is 336 g/mol. The molecule has 18 heavy (non-hydrogen) atoms. The van der Waals surface area contributed by atoms with E-state index >= 15 is 0 Å². The van der Waals surface area contributed by atoms with Gasteiger partial charge in [-0.1, -0.05) is 34.1 Å². The van der Waals surface area contributed by atoms with Gasteiger partial charge in [-0.05, 0) is 36.3 Å². The number of alkyl halides is 1. The predicted octanol–water partition coefficient (Wildman–Crippen LogP) is 3.28. The molecule has 1 aliphatic rings. The minimum atomic E-state index is -2.82. The maximum atomic E-state index is 11.5. The van der Waals surface area contributed by atoms with E-state index in [4.69, 9.17) is 11.6 Å². The molecule has 1 fully saturated rings. The van der Waals surface area contributed by atoms with E-state index in [1.165, 1.54) is 5.56 Å². The second-order valence-corrected chi connectivity index (χ2v) is 8.26. The zero-order valence-corrected chi connectivity index (χ0v) is 13.1. The van der Waals surface area contributed by atoms with Crippen LogP contribution in [0.4, 0.5) is 0 Å². The third-order valence-corrected chi connectivity index (χ3v) is 6.54. The second kappa shape index (κ2) is 5.93. The molecule has 5 heteroatoms. The lowest BCUT2D eigenvalue weighted by Crippen LogP contribution is -2.20. The van der Waals surface area contributed by atoms with E-state index in [1.54, 1.807) is 0 Å². The van der Waals surface area contributed by atoms with Gasteiger partial charge in [0.15, 0.2) is 9.84 Å². The predicted molar refractivity (Wildman–Crippen MR) is 78.8 cm³/mol. The van der Waals surface area contributed by atoms with Gasteiger partial charge in [-0.3, -0.25) is 0 Å². The van der Waals surface area contributed by atoms with Crippen LogP contribution >= 0.6 is 27.5 Å². The first-order chi connectivity index (χ1) is 8.52. The molecule has 0 radical (unpaired) electrons. The van der Waals surface area contributed by atoms with E-state index in [9.17, 15) is 8.42 Å². The first kappa shape index (κ1) is 14.4. The van der Waals surface area contributed by atoms with Crippen molar-refractivity contribution in [3.8, 4) is 0 Å². The van der Waals surface area contributed by atoms with Crippen molar-refractivity contribution in [1.29, 1.82) is 0 Å². The van der Waals surface area contributed by atoms with Gasteiger partial charge < -0.3 is 0 Å². The molecule has 1 aromatic rings. The Bertz CT molecular complexity index is 515. The Morgan fingerprint density at radius 1 is 1.39 bits per heavy atom. The molecule has 1 aliphatic heterocycles. The second-order valence-electron chi connectivity index (χ2n) is 4.87. The standard InChI is InChI=1S/C13H16BrClO2S/c14-13-4-2-1-3-10(13)7-12(8-15)11-5-6-18(16,17)9-11/h1-4,11-12H,5-9H2. The highest BCUT2D eigenvalue weighted by atomic mass is 79.9. The summed E-state index contributed by atoms with van der Waals surface area (Å²) in [6.45, 7) is 0. The van der Waals surface area contributed by atoms with Crippen molar-refractivity contribution >= 4 is 37.4 Å². The van der Waals surface area contributed by atoms with E-state index in [2.05, 4.69) is 22.0 Å². The summed E-state index contributed by atoms with van der Waals surface area (Å²) < 4.78 is 24.1. The normalized spacial score (nSPS) is 24.0. The zero-order valence-electron chi connectivity index (χ0n) is 9.98. The van der Waals surface area contributed by atoms with Crippen molar-refractivity contribution in [2.75, 3.05) is 17.4 Å². The summed E-state index contributed by atoms with van der Waals surface area (Å²) in [6, 6.07) is 8.04. The van der Waals surface area contributed by atoms with E-state index in [-0.39, 0.29) is 11.8 Å². The Balaban J connectivity index is 2.09. The fraction of sp³-hybridized carbons (Fsp3) is 0.538. The van der Waals surface area contributed by atoms with Gasteiger partial charge in [0.05, 0.1) is 11.5 Å². The average molecular weight is 352 g/mol. The molecule has 0 bridgehead atoms. The van der Waals surface area contributed by atoms with Crippen molar-refractivity contribution in [1.82, 2.24) is 0 Å². The van der Waals surface area contributed by atoms with Gasteiger partial charge in [0.1, 0.15) is 0 Å². The zero-order chi connectivity index (χ0) is 13.2. The number of hydrogen-bond acceptors (Lipinski definition) is 2. The molecule has 0 aliphatic carbocycles. The van der Waals surface area contributed by atoms with Crippen molar-refractivity contribution in [2.24, 2.45) is 11.8 Å². The van der Waals surface area contributed by atoms with Gasteiger partial charge in [-0.15, -0.1) is 11.6 Å². The summed E-state index contributed by atoms with van der Waals surface area (Å²) in [4.78, 5) is 0. The summed E-state index contributed by atoms with van der Waals surface area (Å²) in [6.07, 6.45) is 1.59. The SMILES string of the molecule is O=S1(=O)CCC(C(CCl)Cc2ccccc2Br)C1. The minimum absolute atomic E-state index is 0.208. The van der Waals surface area contributed by atoms with E-state index in [1.807, 2.05) is 18.2 Å². The third-order valence-electron chi connectivity index (χ3n) is 3.57. The number of hydrogen-bond donors (Lipinski definition) is 0. The van der Waals surface area contributed by atoms with E-state index in [0.717, 1.165) is 17.3 Å². The number of halogens is 2. The topological polar surface area (TPSA) is 34.1 Å². The first-order valence-corrected chi connectivity index (χ1v) is 9.16. The molecule has 2 rings (SSSR count). The highest BCUT2D eigenvalue weighted by molar-refractivity contribution is 9.10. The summed E-state index contributed by atoms with van der Waals surface area (Å²) in [7, 11) is -2.82. The molecule has 0 amide bonds. The van der Waals surface area contributed by atoms with Crippen LogP contribution in [0.2, 0.25) is 0 Å². The molecule has 2 nitrogen and oxygen atoms in total. The first-order valence-electron chi connectivity index (χ1n) is 6.01. The summed E-state index contributed by atoms with van der Waals surface area (Å²) >= 11 is 9.56. The van der Waals surface area contributed by atoms with Crippen LogP contribution in [-0.2, 0) is 16.3 Å². The number of benzene rings is 1. The van der Waals surface area contributed by atoms with E-state index in [0.29, 0.717) is 17.4 Å². The van der Waals surface area contributed by atoms with Crippen LogP contribution in [-0.4, -0.2) is 25.8 Å². The lowest BCUT2D eigenvalue weighted by molar-refractivity contribution is 0.397. The molecular formula is C13H16BrClO2S. The summed E-state index contributed by atoms with van der Waals surface area (Å²) in [5.74, 6) is 1.58.